The summed E-state index contributed by atoms with van der Waals surface area (Å²) in [6.07, 6.45) is 5.47. The predicted molar refractivity (Wildman–Crippen MR) is 162 cm³/mol. The van der Waals surface area contributed by atoms with Gasteiger partial charge in [-0.1, -0.05) is 42.5 Å². The Labute approximate surface area is 255 Å². The van der Waals surface area contributed by atoms with Gasteiger partial charge >= 0.3 is 0 Å². The van der Waals surface area contributed by atoms with Gasteiger partial charge in [0.05, 0.1) is 23.9 Å². The third-order valence-electron chi connectivity index (χ3n) is 9.40. The summed E-state index contributed by atoms with van der Waals surface area (Å²) >= 11 is 0. The normalized spacial score (nSPS) is 19.9. The fourth-order valence-corrected chi connectivity index (χ4v) is 6.81. The minimum Gasteiger partial charge on any atom is -0.496 e. The highest BCUT2D eigenvalue weighted by Crippen LogP contribution is 2.40. The average Bonchev–Trinajstić information content (AvgIpc) is 3.77. The van der Waals surface area contributed by atoms with Gasteiger partial charge in [0.2, 0.25) is 6.41 Å². The summed E-state index contributed by atoms with van der Waals surface area (Å²) in [4.78, 5) is 29.8. The minimum absolute atomic E-state index is 0.133. The first-order valence-electron chi connectivity index (χ1n) is 14.9. The molecule has 0 saturated carbocycles. The second-order valence-corrected chi connectivity index (χ2v) is 11.7. The summed E-state index contributed by atoms with van der Waals surface area (Å²) in [5.74, 6) is 0.0616. The van der Waals surface area contributed by atoms with Crippen molar-refractivity contribution in [1.82, 2.24) is 35.3 Å². The van der Waals surface area contributed by atoms with Crippen LogP contribution in [-0.2, 0) is 15.7 Å². The molecule has 3 heterocycles. The van der Waals surface area contributed by atoms with Gasteiger partial charge in [-0.15, -0.1) is 5.10 Å². The van der Waals surface area contributed by atoms with E-state index in [9.17, 15) is 14.0 Å². The van der Waals surface area contributed by atoms with Crippen LogP contribution in [0.5, 0.6) is 5.75 Å². The molecular formula is C33H36FN7O3. The summed E-state index contributed by atoms with van der Waals surface area (Å²) in [7, 11) is 1.55. The first kappa shape index (κ1) is 29.4. The van der Waals surface area contributed by atoms with Gasteiger partial charge in [0.25, 0.3) is 5.91 Å². The molecule has 0 radical (unpaired) electrons. The Balaban J connectivity index is 1.20. The molecule has 0 spiro atoms. The standard InChI is InChI=1S/C33H36FN7O3/c1-44-30-12-11-28(41-23-36-37-38-41)21-29(30)31(43)40-20-14-32(22-40,25-7-9-27(34)10-8-25)13-17-39-18-15-33(16-19-39,35-24-42)26-5-3-2-4-6-26/h2-12,21,23-24H,13-20,22H2,1H3,(H,35,42). The first-order valence-corrected chi connectivity index (χ1v) is 14.9. The number of likely N-dealkylation sites (tertiary alicyclic amines) is 2. The van der Waals surface area contributed by atoms with Crippen molar-refractivity contribution in [2.24, 2.45) is 0 Å². The molecule has 11 heteroatoms. The summed E-state index contributed by atoms with van der Waals surface area (Å²) in [6, 6.07) is 22.2. The fourth-order valence-electron chi connectivity index (χ4n) is 6.81. The monoisotopic (exact) mass is 597 g/mol. The third-order valence-corrected chi connectivity index (χ3v) is 9.40. The van der Waals surface area contributed by atoms with E-state index in [4.69, 9.17) is 4.74 Å². The van der Waals surface area contributed by atoms with E-state index in [-0.39, 0.29) is 22.7 Å². The van der Waals surface area contributed by atoms with Crippen LogP contribution in [0.2, 0.25) is 0 Å². The van der Waals surface area contributed by atoms with Gasteiger partial charge in [0.15, 0.2) is 0 Å². The number of nitrogens with zero attached hydrogens (tertiary/aromatic N) is 6. The van der Waals surface area contributed by atoms with E-state index in [1.165, 1.54) is 23.1 Å². The van der Waals surface area contributed by atoms with Crippen LogP contribution < -0.4 is 10.1 Å². The summed E-state index contributed by atoms with van der Waals surface area (Å²) in [5, 5.41) is 14.5. The number of amides is 2. The van der Waals surface area contributed by atoms with E-state index in [0.29, 0.717) is 30.1 Å². The molecule has 10 nitrogen and oxygen atoms in total. The smallest absolute Gasteiger partial charge is 0.257 e. The molecule has 0 aliphatic carbocycles. The molecule has 2 aliphatic heterocycles. The Hall–Kier alpha value is -4.64. The number of hydrogen-bond acceptors (Lipinski definition) is 7. The largest absolute Gasteiger partial charge is 0.496 e. The number of tetrazole rings is 1. The summed E-state index contributed by atoms with van der Waals surface area (Å²) < 4.78 is 21.0. The van der Waals surface area contributed by atoms with Crippen LogP contribution in [0.4, 0.5) is 4.39 Å². The Morgan fingerprint density at radius 3 is 2.45 bits per heavy atom. The number of piperidine rings is 1. The molecule has 4 aromatic rings. The molecule has 2 fully saturated rings. The van der Waals surface area contributed by atoms with Crippen LogP contribution in [0.1, 0.15) is 47.2 Å². The lowest BCUT2D eigenvalue weighted by Gasteiger charge is -2.43. The van der Waals surface area contributed by atoms with Crippen molar-refractivity contribution in [3.05, 3.63) is 102 Å². The lowest BCUT2D eigenvalue weighted by molar-refractivity contribution is -0.112. The number of halogens is 1. The van der Waals surface area contributed by atoms with Crippen LogP contribution in [-0.4, -0.2) is 82.2 Å². The van der Waals surface area contributed by atoms with Crippen LogP contribution >= 0.6 is 0 Å². The van der Waals surface area contributed by atoms with Crippen molar-refractivity contribution in [3.8, 4) is 11.4 Å². The minimum atomic E-state index is -0.374. The van der Waals surface area contributed by atoms with E-state index in [0.717, 1.165) is 62.9 Å². The van der Waals surface area contributed by atoms with Crippen LogP contribution in [0, 0.1) is 5.82 Å². The number of aromatic nitrogens is 4. The van der Waals surface area contributed by atoms with Crippen molar-refractivity contribution in [3.63, 3.8) is 0 Å². The molecule has 2 amide bonds. The van der Waals surface area contributed by atoms with Gasteiger partial charge in [-0.25, -0.2) is 9.07 Å². The summed E-state index contributed by atoms with van der Waals surface area (Å²) in [5.41, 5.74) is 2.54. The van der Waals surface area contributed by atoms with Crippen LogP contribution in [0.15, 0.2) is 79.1 Å². The number of nitrogens with one attached hydrogen (secondary N) is 1. The molecule has 228 valence electrons. The first-order chi connectivity index (χ1) is 21.4. The molecule has 3 aromatic carbocycles. The molecule has 1 N–H and O–H groups in total. The summed E-state index contributed by atoms with van der Waals surface area (Å²) in [6.45, 7) is 3.56. The highest BCUT2D eigenvalue weighted by Gasteiger charge is 2.43. The SMILES string of the molecule is COc1ccc(-n2cnnn2)cc1C(=O)N1CCC(CCN2CCC(NC=O)(c3ccccc3)CC2)(c2ccc(F)cc2)C1. The zero-order valence-electron chi connectivity index (χ0n) is 24.7. The van der Waals surface area contributed by atoms with Crippen LogP contribution in [0.25, 0.3) is 5.69 Å². The van der Waals surface area contributed by atoms with Gasteiger partial charge in [-0.05, 0) is 84.1 Å². The predicted octanol–water partition coefficient (Wildman–Crippen LogP) is 3.72. The van der Waals surface area contributed by atoms with E-state index >= 15 is 0 Å². The van der Waals surface area contributed by atoms with Crippen molar-refractivity contribution in [2.75, 3.05) is 39.8 Å². The molecule has 6 rings (SSSR count). The Morgan fingerprint density at radius 2 is 1.77 bits per heavy atom. The van der Waals surface area contributed by atoms with E-state index < -0.39 is 0 Å². The van der Waals surface area contributed by atoms with Crippen molar-refractivity contribution < 1.29 is 18.7 Å². The zero-order valence-corrected chi connectivity index (χ0v) is 24.7. The van der Waals surface area contributed by atoms with Gasteiger partial charge in [0, 0.05) is 31.6 Å². The second kappa shape index (κ2) is 12.5. The molecule has 44 heavy (non-hydrogen) atoms. The zero-order chi connectivity index (χ0) is 30.6. The number of methoxy groups -OCH3 is 1. The molecule has 1 aromatic heterocycles. The van der Waals surface area contributed by atoms with Crippen molar-refractivity contribution >= 4 is 12.3 Å². The van der Waals surface area contributed by atoms with Gasteiger partial charge in [-0.3, -0.25) is 9.59 Å². The van der Waals surface area contributed by atoms with Crippen molar-refractivity contribution in [1.29, 1.82) is 0 Å². The lowest BCUT2D eigenvalue weighted by atomic mass is 9.76. The lowest BCUT2D eigenvalue weighted by Crippen LogP contribution is -2.51. The van der Waals surface area contributed by atoms with E-state index in [2.05, 4.69) is 37.9 Å². The maximum absolute atomic E-state index is 14.0. The third kappa shape index (κ3) is 5.79. The van der Waals surface area contributed by atoms with E-state index in [1.54, 1.807) is 25.3 Å². The topological polar surface area (TPSA) is 105 Å². The number of ether oxygens (including phenoxy) is 1. The van der Waals surface area contributed by atoms with Gasteiger partial charge in [-0.2, -0.15) is 0 Å². The Kier molecular flexibility index (Phi) is 8.38. The van der Waals surface area contributed by atoms with Crippen molar-refractivity contribution in [2.45, 2.75) is 36.6 Å². The number of rotatable bonds is 10. The number of benzene rings is 3. The Morgan fingerprint density at radius 1 is 1.00 bits per heavy atom. The van der Waals surface area contributed by atoms with Crippen LogP contribution in [0.3, 0.4) is 0 Å². The number of hydrogen-bond donors (Lipinski definition) is 1. The van der Waals surface area contributed by atoms with Gasteiger partial charge in [0.1, 0.15) is 17.9 Å². The Bertz CT molecular complexity index is 1570. The second-order valence-electron chi connectivity index (χ2n) is 11.7. The average molecular weight is 598 g/mol. The highest BCUT2D eigenvalue weighted by molar-refractivity contribution is 5.97. The molecule has 1 atom stereocenters. The molecule has 0 bridgehead atoms. The fraction of sp³-hybridized carbons (Fsp3) is 0.364. The molecule has 2 saturated heterocycles. The molecular weight excluding hydrogens is 561 g/mol. The molecule has 2 aliphatic rings. The van der Waals surface area contributed by atoms with E-state index in [1.807, 2.05) is 35.2 Å². The maximum Gasteiger partial charge on any atom is 0.257 e. The maximum atomic E-state index is 14.0. The number of carbonyl (C=O) groups excluding carboxylic acids is 2. The van der Waals surface area contributed by atoms with Gasteiger partial charge < -0.3 is 19.9 Å². The number of carbonyl (C=O) groups is 2. The highest BCUT2D eigenvalue weighted by atomic mass is 19.1. The quantitative estimate of drug-likeness (QED) is 0.278. The molecule has 1 unspecified atom stereocenters.